The van der Waals surface area contributed by atoms with Crippen LogP contribution in [0, 0.1) is 20.8 Å². The van der Waals surface area contributed by atoms with Crippen molar-refractivity contribution in [1.82, 2.24) is 0 Å². The molecular weight excluding hydrogens is 366 g/mol. The average Bonchev–Trinajstić information content (AvgIpc) is 3.17. The maximum Gasteiger partial charge on any atom is 0.306 e. The number of nitrogens with one attached hydrogen (secondary N) is 1. The highest BCUT2D eigenvalue weighted by Gasteiger charge is 2.12. The summed E-state index contributed by atoms with van der Waals surface area (Å²) >= 11 is 0. The van der Waals surface area contributed by atoms with Gasteiger partial charge in [-0.1, -0.05) is 48.0 Å². The lowest BCUT2D eigenvalue weighted by Crippen LogP contribution is -2.22. The number of amides is 1. The van der Waals surface area contributed by atoms with Crippen LogP contribution in [0.5, 0.6) is 0 Å². The van der Waals surface area contributed by atoms with Gasteiger partial charge >= 0.3 is 5.97 Å². The molecule has 1 aromatic heterocycles. The first-order valence-electron chi connectivity index (χ1n) is 9.60. The monoisotopic (exact) mass is 391 g/mol. The zero-order valence-corrected chi connectivity index (χ0v) is 17.0. The second-order valence-corrected chi connectivity index (χ2v) is 7.11. The molecule has 150 valence electrons. The van der Waals surface area contributed by atoms with E-state index in [1.807, 2.05) is 75.4 Å². The number of rotatable bonds is 7. The summed E-state index contributed by atoms with van der Waals surface area (Å²) in [5.41, 5.74) is 4.85. The van der Waals surface area contributed by atoms with Crippen LogP contribution in [0.15, 0.2) is 59.0 Å². The van der Waals surface area contributed by atoms with E-state index in [-0.39, 0.29) is 18.9 Å². The highest BCUT2D eigenvalue weighted by atomic mass is 16.5. The lowest BCUT2D eigenvalue weighted by Gasteiger charge is -2.13. The number of carbonyl (C=O) groups excluding carboxylic acids is 2. The molecule has 0 fully saturated rings. The number of benzene rings is 2. The molecule has 0 unspecified atom stereocenters. The van der Waals surface area contributed by atoms with Crippen LogP contribution in [0.2, 0.25) is 0 Å². The molecule has 3 rings (SSSR count). The number of esters is 1. The number of ether oxygens (including phenoxy) is 1. The summed E-state index contributed by atoms with van der Waals surface area (Å²) in [6, 6.07) is 17.5. The summed E-state index contributed by atoms with van der Waals surface area (Å²) in [6.45, 7) is 5.58. The predicted octanol–water partition coefficient (Wildman–Crippen LogP) is 4.99. The molecule has 1 N–H and O–H groups in total. The van der Waals surface area contributed by atoms with Crippen molar-refractivity contribution >= 4 is 17.6 Å². The third-order valence-corrected chi connectivity index (χ3v) is 4.60. The van der Waals surface area contributed by atoms with Gasteiger partial charge in [0.2, 0.25) is 0 Å². The molecular formula is C24H25NO4. The Balaban J connectivity index is 1.46. The Morgan fingerprint density at radius 2 is 1.66 bits per heavy atom. The van der Waals surface area contributed by atoms with Crippen LogP contribution in [0.4, 0.5) is 5.69 Å². The molecule has 1 amide bonds. The van der Waals surface area contributed by atoms with E-state index < -0.39 is 5.97 Å². The van der Waals surface area contributed by atoms with Gasteiger partial charge in [0.1, 0.15) is 11.5 Å². The molecule has 1 heterocycles. The largest absolute Gasteiger partial charge is 0.461 e. The van der Waals surface area contributed by atoms with Crippen molar-refractivity contribution in [3.05, 3.63) is 77.0 Å². The Bertz CT molecular complexity index is 982. The molecule has 0 radical (unpaired) electrons. The van der Waals surface area contributed by atoms with Crippen molar-refractivity contribution in [3.8, 4) is 11.3 Å². The normalized spacial score (nSPS) is 10.6. The van der Waals surface area contributed by atoms with E-state index in [9.17, 15) is 9.59 Å². The number of furan rings is 1. The minimum Gasteiger partial charge on any atom is -0.461 e. The topological polar surface area (TPSA) is 68.5 Å². The second-order valence-electron chi connectivity index (χ2n) is 7.11. The molecule has 3 aromatic rings. The molecule has 0 saturated carbocycles. The number of anilines is 1. The van der Waals surface area contributed by atoms with Crippen LogP contribution in [-0.4, -0.2) is 18.5 Å². The van der Waals surface area contributed by atoms with Gasteiger partial charge in [0.15, 0.2) is 6.61 Å². The van der Waals surface area contributed by atoms with Crippen LogP contribution in [0.25, 0.3) is 11.3 Å². The Morgan fingerprint density at radius 3 is 2.34 bits per heavy atom. The molecule has 0 bridgehead atoms. The van der Waals surface area contributed by atoms with Crippen molar-refractivity contribution in [3.63, 3.8) is 0 Å². The van der Waals surface area contributed by atoms with Crippen LogP contribution in [0.1, 0.15) is 28.9 Å². The van der Waals surface area contributed by atoms with Gasteiger partial charge in [-0.25, -0.2) is 0 Å². The van der Waals surface area contributed by atoms with Crippen molar-refractivity contribution in [2.45, 2.75) is 33.6 Å². The van der Waals surface area contributed by atoms with Crippen LogP contribution in [0.3, 0.4) is 0 Å². The molecule has 0 aliphatic heterocycles. The van der Waals surface area contributed by atoms with Gasteiger partial charge in [0, 0.05) is 17.7 Å². The summed E-state index contributed by atoms with van der Waals surface area (Å²) in [4.78, 5) is 24.1. The highest BCUT2D eigenvalue weighted by molar-refractivity contribution is 5.94. The molecule has 5 heteroatoms. The fraction of sp³-hybridized carbons (Fsp3) is 0.250. The summed E-state index contributed by atoms with van der Waals surface area (Å²) in [6.07, 6.45) is 0.571. The molecule has 0 aliphatic rings. The Labute approximate surface area is 170 Å². The quantitative estimate of drug-likeness (QED) is 0.576. The first kappa shape index (κ1) is 20.4. The van der Waals surface area contributed by atoms with E-state index in [2.05, 4.69) is 5.32 Å². The molecule has 5 nitrogen and oxygen atoms in total. The SMILES string of the molecule is Cc1cc(C)c(NC(=O)COC(=O)CCc2ccc(-c3ccccc3)o2)c(C)c1. The highest BCUT2D eigenvalue weighted by Crippen LogP contribution is 2.23. The smallest absolute Gasteiger partial charge is 0.306 e. The number of hydrogen-bond acceptors (Lipinski definition) is 4. The summed E-state index contributed by atoms with van der Waals surface area (Å²) < 4.78 is 10.9. The van der Waals surface area contributed by atoms with Crippen molar-refractivity contribution < 1.29 is 18.7 Å². The zero-order chi connectivity index (χ0) is 20.8. The van der Waals surface area contributed by atoms with Gasteiger partial charge in [-0.15, -0.1) is 0 Å². The summed E-state index contributed by atoms with van der Waals surface area (Å²) in [5.74, 6) is 0.682. The van der Waals surface area contributed by atoms with E-state index in [4.69, 9.17) is 9.15 Å². The lowest BCUT2D eigenvalue weighted by atomic mass is 10.1. The Hall–Kier alpha value is -3.34. The van der Waals surface area contributed by atoms with Crippen LogP contribution >= 0.6 is 0 Å². The van der Waals surface area contributed by atoms with Crippen molar-refractivity contribution in [1.29, 1.82) is 0 Å². The third kappa shape index (κ3) is 5.57. The Kier molecular flexibility index (Phi) is 6.50. The van der Waals surface area contributed by atoms with Gasteiger partial charge in [0.25, 0.3) is 5.91 Å². The van der Waals surface area contributed by atoms with Gasteiger partial charge in [-0.2, -0.15) is 0 Å². The maximum absolute atomic E-state index is 12.1. The minimum absolute atomic E-state index is 0.150. The van der Waals surface area contributed by atoms with E-state index >= 15 is 0 Å². The van der Waals surface area contributed by atoms with Crippen LogP contribution in [-0.2, 0) is 20.7 Å². The second kappa shape index (κ2) is 9.24. The van der Waals surface area contributed by atoms with Gasteiger partial charge < -0.3 is 14.5 Å². The Morgan fingerprint density at radius 1 is 0.966 bits per heavy atom. The first-order valence-corrected chi connectivity index (χ1v) is 9.60. The van der Waals surface area contributed by atoms with Crippen molar-refractivity contribution in [2.75, 3.05) is 11.9 Å². The molecule has 29 heavy (non-hydrogen) atoms. The molecule has 2 aromatic carbocycles. The van der Waals surface area contributed by atoms with E-state index in [1.165, 1.54) is 0 Å². The van der Waals surface area contributed by atoms with Gasteiger partial charge in [-0.05, 0) is 44.0 Å². The summed E-state index contributed by atoms with van der Waals surface area (Å²) in [5, 5.41) is 2.82. The zero-order valence-electron chi connectivity index (χ0n) is 17.0. The van der Waals surface area contributed by atoms with Crippen LogP contribution < -0.4 is 5.32 Å². The van der Waals surface area contributed by atoms with Crippen molar-refractivity contribution in [2.24, 2.45) is 0 Å². The fourth-order valence-electron chi connectivity index (χ4n) is 3.27. The fourth-order valence-corrected chi connectivity index (χ4v) is 3.27. The third-order valence-electron chi connectivity index (χ3n) is 4.60. The lowest BCUT2D eigenvalue weighted by molar-refractivity contribution is -0.147. The van der Waals surface area contributed by atoms with Gasteiger partial charge in [0.05, 0.1) is 6.42 Å². The average molecular weight is 391 g/mol. The molecule has 0 atom stereocenters. The van der Waals surface area contributed by atoms with Gasteiger partial charge in [-0.3, -0.25) is 9.59 Å². The van der Waals surface area contributed by atoms with E-state index in [0.717, 1.165) is 33.7 Å². The minimum atomic E-state index is -0.435. The van der Waals surface area contributed by atoms with E-state index in [1.54, 1.807) is 0 Å². The number of aryl methyl sites for hydroxylation is 4. The number of hydrogen-bond donors (Lipinski definition) is 1. The number of carbonyl (C=O) groups is 2. The predicted molar refractivity (Wildman–Crippen MR) is 113 cm³/mol. The summed E-state index contributed by atoms with van der Waals surface area (Å²) in [7, 11) is 0. The molecule has 0 saturated heterocycles. The molecule has 0 spiro atoms. The standard InChI is InChI=1S/C24H25NO4/c1-16-13-17(2)24(18(3)14-16)25-22(26)15-28-23(27)12-10-20-9-11-21(29-20)19-7-5-4-6-8-19/h4-9,11,13-14H,10,12,15H2,1-3H3,(H,25,26). The first-order chi connectivity index (χ1) is 13.9. The molecule has 0 aliphatic carbocycles. The maximum atomic E-state index is 12.1. The van der Waals surface area contributed by atoms with E-state index in [0.29, 0.717) is 12.2 Å².